The molecule has 0 aliphatic carbocycles. The molecule has 21 heavy (non-hydrogen) atoms. The van der Waals surface area contributed by atoms with Gasteiger partial charge in [-0.15, -0.1) is 0 Å². The third-order valence-corrected chi connectivity index (χ3v) is 4.10. The van der Waals surface area contributed by atoms with Crippen LogP contribution in [-0.4, -0.2) is 59.4 Å². The first-order chi connectivity index (χ1) is 10.1. The van der Waals surface area contributed by atoms with Crippen LogP contribution >= 0.6 is 0 Å². The monoisotopic (exact) mass is 293 g/mol. The molecule has 2 rings (SSSR count). The highest BCUT2D eigenvalue weighted by Gasteiger charge is 2.22. The summed E-state index contributed by atoms with van der Waals surface area (Å²) in [4.78, 5) is 16.5. The number of aryl methyl sites for hydroxylation is 1. The molecule has 1 amide bonds. The van der Waals surface area contributed by atoms with Crippen LogP contribution in [-0.2, 0) is 11.8 Å². The fourth-order valence-electron chi connectivity index (χ4n) is 2.82. The van der Waals surface area contributed by atoms with Crippen molar-refractivity contribution >= 4 is 11.6 Å². The molecule has 0 aromatic carbocycles. The Morgan fingerprint density at radius 3 is 2.86 bits per heavy atom. The van der Waals surface area contributed by atoms with E-state index in [1.165, 1.54) is 0 Å². The second kappa shape index (κ2) is 7.45. The molecule has 0 radical (unpaired) electrons. The van der Waals surface area contributed by atoms with Gasteiger partial charge in [0.05, 0.1) is 18.4 Å². The molecule has 1 fully saturated rings. The molecule has 1 atom stereocenters. The summed E-state index contributed by atoms with van der Waals surface area (Å²) in [6, 6.07) is 0.238. The van der Waals surface area contributed by atoms with Gasteiger partial charge in [0, 0.05) is 32.4 Å². The lowest BCUT2D eigenvalue weighted by atomic mass is 10.1. The maximum atomic E-state index is 12.1. The van der Waals surface area contributed by atoms with Gasteiger partial charge in [0.25, 0.3) is 0 Å². The summed E-state index contributed by atoms with van der Waals surface area (Å²) in [5.74, 6) is 0.136. The molecule has 0 bridgehead atoms. The van der Waals surface area contributed by atoms with Gasteiger partial charge in [0.2, 0.25) is 5.91 Å². The lowest BCUT2D eigenvalue weighted by Gasteiger charge is -2.34. The molecule has 2 heterocycles. The van der Waals surface area contributed by atoms with Crippen LogP contribution < -0.4 is 10.2 Å². The van der Waals surface area contributed by atoms with E-state index in [1.54, 1.807) is 0 Å². The second-order valence-corrected chi connectivity index (χ2v) is 5.69. The van der Waals surface area contributed by atoms with Crippen molar-refractivity contribution in [3.63, 3.8) is 0 Å². The molecule has 1 aliphatic rings. The van der Waals surface area contributed by atoms with Crippen molar-refractivity contribution in [1.82, 2.24) is 20.0 Å². The molecule has 1 saturated heterocycles. The topological polar surface area (TPSA) is 53.4 Å². The van der Waals surface area contributed by atoms with Crippen LogP contribution in [0.5, 0.6) is 0 Å². The van der Waals surface area contributed by atoms with Crippen LogP contribution in [0.25, 0.3) is 0 Å². The van der Waals surface area contributed by atoms with Gasteiger partial charge >= 0.3 is 0 Å². The molecule has 118 valence electrons. The molecule has 1 aromatic heterocycles. The first-order valence-corrected chi connectivity index (χ1v) is 7.87. The third kappa shape index (κ3) is 4.46. The number of hydrogen-bond donors (Lipinski definition) is 1. The van der Waals surface area contributed by atoms with E-state index in [9.17, 15) is 4.79 Å². The molecule has 1 N–H and O–H groups in total. The Morgan fingerprint density at radius 1 is 1.48 bits per heavy atom. The van der Waals surface area contributed by atoms with Gasteiger partial charge in [-0.1, -0.05) is 13.8 Å². The first-order valence-electron chi connectivity index (χ1n) is 7.87. The van der Waals surface area contributed by atoms with Crippen molar-refractivity contribution in [2.45, 2.75) is 32.7 Å². The Kier molecular flexibility index (Phi) is 5.61. The van der Waals surface area contributed by atoms with Crippen LogP contribution in [0.2, 0.25) is 0 Å². The number of piperidine rings is 1. The van der Waals surface area contributed by atoms with E-state index in [2.05, 4.69) is 34.1 Å². The van der Waals surface area contributed by atoms with Crippen molar-refractivity contribution < 1.29 is 4.79 Å². The number of rotatable bonds is 6. The largest absolute Gasteiger partial charge is 0.367 e. The summed E-state index contributed by atoms with van der Waals surface area (Å²) < 4.78 is 1.82. The van der Waals surface area contributed by atoms with E-state index in [1.807, 2.05) is 24.1 Å². The highest BCUT2D eigenvalue weighted by molar-refractivity contribution is 5.78. The Hall–Kier alpha value is -1.56. The number of hydrogen-bond acceptors (Lipinski definition) is 4. The number of nitrogens with zero attached hydrogens (tertiary/aromatic N) is 4. The standard InChI is InChI=1S/C15H27N5O/c1-4-19(5-2)12-15(21)17-13-7-6-8-20(10-13)14-9-16-18(3)11-14/h9,11,13H,4-8,10,12H2,1-3H3,(H,17,21). The fourth-order valence-corrected chi connectivity index (χ4v) is 2.82. The number of nitrogens with one attached hydrogen (secondary N) is 1. The number of carbonyl (C=O) groups is 1. The quantitative estimate of drug-likeness (QED) is 0.845. The predicted molar refractivity (Wildman–Crippen MR) is 84.4 cm³/mol. The van der Waals surface area contributed by atoms with Crippen LogP contribution in [0.3, 0.4) is 0 Å². The molecular weight excluding hydrogens is 266 g/mol. The normalized spacial score (nSPS) is 19.0. The SMILES string of the molecule is CCN(CC)CC(=O)NC1CCCN(c2cnn(C)c2)C1. The van der Waals surface area contributed by atoms with Gasteiger partial charge < -0.3 is 10.2 Å². The highest BCUT2D eigenvalue weighted by Crippen LogP contribution is 2.18. The number of anilines is 1. The van der Waals surface area contributed by atoms with Crippen LogP contribution in [0.15, 0.2) is 12.4 Å². The van der Waals surface area contributed by atoms with Crippen molar-refractivity contribution in [3.05, 3.63) is 12.4 Å². The smallest absolute Gasteiger partial charge is 0.234 e. The number of amides is 1. The molecule has 0 saturated carbocycles. The third-order valence-electron chi connectivity index (χ3n) is 4.10. The average molecular weight is 293 g/mol. The fraction of sp³-hybridized carbons (Fsp3) is 0.733. The Labute approximate surface area is 127 Å². The zero-order valence-electron chi connectivity index (χ0n) is 13.4. The zero-order chi connectivity index (χ0) is 15.2. The maximum Gasteiger partial charge on any atom is 0.234 e. The minimum atomic E-state index is 0.136. The lowest BCUT2D eigenvalue weighted by molar-refractivity contribution is -0.122. The summed E-state index contributed by atoms with van der Waals surface area (Å²) in [5.41, 5.74) is 1.14. The van der Waals surface area contributed by atoms with Gasteiger partial charge in [-0.3, -0.25) is 14.4 Å². The van der Waals surface area contributed by atoms with Crippen molar-refractivity contribution in [3.8, 4) is 0 Å². The molecule has 6 heteroatoms. The van der Waals surface area contributed by atoms with Crippen LogP contribution in [0, 0.1) is 0 Å². The lowest BCUT2D eigenvalue weighted by Crippen LogP contribution is -2.50. The van der Waals surface area contributed by atoms with E-state index in [-0.39, 0.29) is 11.9 Å². The minimum Gasteiger partial charge on any atom is -0.367 e. The molecule has 6 nitrogen and oxygen atoms in total. The summed E-state index contributed by atoms with van der Waals surface area (Å²) in [7, 11) is 1.93. The first kappa shape index (κ1) is 15.8. The highest BCUT2D eigenvalue weighted by atomic mass is 16.2. The summed E-state index contributed by atoms with van der Waals surface area (Å²) >= 11 is 0. The molecule has 1 aromatic rings. The van der Waals surface area contributed by atoms with Crippen LogP contribution in [0.4, 0.5) is 5.69 Å². The second-order valence-electron chi connectivity index (χ2n) is 5.69. The van der Waals surface area contributed by atoms with Gasteiger partial charge in [-0.05, 0) is 25.9 Å². The van der Waals surface area contributed by atoms with E-state index in [4.69, 9.17) is 0 Å². The van der Waals surface area contributed by atoms with Crippen molar-refractivity contribution in [2.75, 3.05) is 37.6 Å². The Bertz CT molecular complexity index is 455. The molecule has 1 aliphatic heterocycles. The van der Waals surface area contributed by atoms with Crippen LogP contribution in [0.1, 0.15) is 26.7 Å². The number of likely N-dealkylation sites (N-methyl/N-ethyl adjacent to an activating group) is 1. The summed E-state index contributed by atoms with van der Waals surface area (Å²) in [6.07, 6.45) is 6.08. The number of aromatic nitrogens is 2. The summed E-state index contributed by atoms with van der Waals surface area (Å²) in [5, 5.41) is 7.40. The van der Waals surface area contributed by atoms with Gasteiger partial charge in [0.1, 0.15) is 0 Å². The van der Waals surface area contributed by atoms with Gasteiger partial charge in [-0.25, -0.2) is 0 Å². The molecule has 1 unspecified atom stereocenters. The zero-order valence-corrected chi connectivity index (χ0v) is 13.4. The van der Waals surface area contributed by atoms with E-state index in [0.29, 0.717) is 6.54 Å². The van der Waals surface area contributed by atoms with E-state index < -0.39 is 0 Å². The summed E-state index contributed by atoms with van der Waals surface area (Å²) in [6.45, 7) is 8.40. The van der Waals surface area contributed by atoms with E-state index >= 15 is 0 Å². The minimum absolute atomic E-state index is 0.136. The van der Waals surface area contributed by atoms with Gasteiger partial charge in [-0.2, -0.15) is 5.10 Å². The molecular formula is C15H27N5O. The predicted octanol–water partition coefficient (Wildman–Crippen LogP) is 0.847. The molecule has 0 spiro atoms. The average Bonchev–Trinajstić information content (AvgIpc) is 2.91. The Balaban J connectivity index is 1.85. The number of carbonyl (C=O) groups excluding carboxylic acids is 1. The van der Waals surface area contributed by atoms with E-state index in [0.717, 1.165) is 44.7 Å². The Morgan fingerprint density at radius 2 is 2.24 bits per heavy atom. The van der Waals surface area contributed by atoms with Crippen molar-refractivity contribution in [2.24, 2.45) is 7.05 Å². The van der Waals surface area contributed by atoms with Crippen molar-refractivity contribution in [1.29, 1.82) is 0 Å². The van der Waals surface area contributed by atoms with Gasteiger partial charge in [0.15, 0.2) is 0 Å². The maximum absolute atomic E-state index is 12.1.